The summed E-state index contributed by atoms with van der Waals surface area (Å²) in [7, 11) is 3.76. The molecule has 2 amide bonds. The Morgan fingerprint density at radius 1 is 0.788 bits per heavy atom. The number of aliphatic hydroxyl groups excluding tert-OH is 1. The molecule has 52 heavy (non-hydrogen) atoms. The number of carbonyl (C=O) groups excluding carboxylic acids is 2. The second-order valence-electron chi connectivity index (χ2n) is 12.9. The number of likely N-dealkylation sites (tertiary alicyclic amines) is 1. The number of anilines is 2. The first-order valence-corrected chi connectivity index (χ1v) is 18.8. The zero-order valence-electron chi connectivity index (χ0n) is 30.9. The van der Waals surface area contributed by atoms with Crippen LogP contribution in [0, 0.1) is 0 Å². The van der Waals surface area contributed by atoms with E-state index in [9.17, 15) is 14.7 Å². The van der Waals surface area contributed by atoms with Crippen LogP contribution in [-0.4, -0.2) is 86.2 Å². The number of unbranched alkanes of at least 4 members (excludes halogenated alkanes) is 2. The number of piperidine rings is 1. The first kappa shape index (κ1) is 40.4. The molecular weight excluding hydrogens is 682 g/mol. The smallest absolute Gasteiger partial charge is 0.224 e. The zero-order chi connectivity index (χ0) is 37.3. The molecule has 0 spiro atoms. The normalized spacial score (nSPS) is 13.3. The third-order valence-corrected chi connectivity index (χ3v) is 8.95. The fourth-order valence-corrected chi connectivity index (χ4v) is 5.92. The van der Waals surface area contributed by atoms with Gasteiger partial charge in [0.15, 0.2) is 0 Å². The van der Waals surface area contributed by atoms with E-state index < -0.39 is 0 Å². The third kappa shape index (κ3) is 12.4. The van der Waals surface area contributed by atoms with E-state index in [1.165, 1.54) is 0 Å². The highest BCUT2D eigenvalue weighted by Crippen LogP contribution is 2.34. The molecule has 0 bridgehead atoms. The maximum absolute atomic E-state index is 12.1. The van der Waals surface area contributed by atoms with E-state index in [1.54, 1.807) is 21.8 Å². The van der Waals surface area contributed by atoms with Gasteiger partial charge in [-0.05, 0) is 74.2 Å². The van der Waals surface area contributed by atoms with E-state index in [1.807, 2.05) is 62.6 Å². The average Bonchev–Trinajstić information content (AvgIpc) is 3.78. The Morgan fingerprint density at radius 2 is 1.27 bits per heavy atom. The van der Waals surface area contributed by atoms with Crippen molar-refractivity contribution >= 4 is 34.8 Å². The van der Waals surface area contributed by atoms with Crippen molar-refractivity contribution in [3.8, 4) is 34.0 Å². The number of hydrogen-bond acceptors (Lipinski definition) is 8. The lowest BCUT2D eigenvalue weighted by Crippen LogP contribution is -2.38. The van der Waals surface area contributed by atoms with Crippen LogP contribution in [0.1, 0.15) is 65.2 Å². The van der Waals surface area contributed by atoms with Gasteiger partial charge in [0.25, 0.3) is 0 Å². The van der Waals surface area contributed by atoms with Gasteiger partial charge in [0, 0.05) is 81.5 Å². The minimum Gasteiger partial charge on any atom is -0.492 e. The molecule has 0 radical (unpaired) electrons. The van der Waals surface area contributed by atoms with Gasteiger partial charge in [-0.15, -0.1) is 11.6 Å². The minimum atomic E-state index is -0.163. The zero-order valence-corrected chi connectivity index (χ0v) is 31.7. The number of halogens is 1. The molecule has 1 fully saturated rings. The van der Waals surface area contributed by atoms with Gasteiger partial charge >= 0.3 is 0 Å². The number of carbonyl (C=O) groups is 2. The van der Waals surface area contributed by atoms with Gasteiger partial charge in [0.2, 0.25) is 11.8 Å². The number of nitrogens with one attached hydrogen (secondary N) is 2. The van der Waals surface area contributed by atoms with Crippen LogP contribution < -0.4 is 20.1 Å². The maximum Gasteiger partial charge on any atom is 0.224 e. The summed E-state index contributed by atoms with van der Waals surface area (Å²) >= 11 is 5.71. The molecule has 0 atom stereocenters. The SMILES string of the molecule is CCCCC(=O)Nc1ccc(OCCCl)c(-c2ccnn2C)c1.CCCCC(=O)Nc1ccc(OCCN2CCC(O)CC2)c(-c2ccnn2C)c1. The van der Waals surface area contributed by atoms with E-state index in [-0.39, 0.29) is 17.9 Å². The maximum atomic E-state index is 12.1. The Labute approximate surface area is 312 Å². The predicted molar refractivity (Wildman–Crippen MR) is 207 cm³/mol. The molecule has 2 aromatic carbocycles. The van der Waals surface area contributed by atoms with Crippen molar-refractivity contribution in [2.75, 3.05) is 49.4 Å². The summed E-state index contributed by atoms with van der Waals surface area (Å²) in [4.78, 5) is 26.3. The van der Waals surface area contributed by atoms with Crippen molar-refractivity contribution < 1.29 is 24.2 Å². The molecular formula is C39H54ClN7O5. The molecule has 1 aliphatic heterocycles. The predicted octanol–water partition coefficient (Wildman–Crippen LogP) is 6.88. The molecule has 0 unspecified atom stereocenters. The quantitative estimate of drug-likeness (QED) is 0.0999. The molecule has 0 aliphatic carbocycles. The number of alkyl halides is 1. The summed E-state index contributed by atoms with van der Waals surface area (Å²) < 4.78 is 15.4. The highest BCUT2D eigenvalue weighted by atomic mass is 35.5. The van der Waals surface area contributed by atoms with Crippen LogP contribution >= 0.6 is 11.6 Å². The molecule has 0 saturated carbocycles. The fourth-order valence-electron chi connectivity index (χ4n) is 5.84. The number of aryl methyl sites for hydroxylation is 2. The molecule has 1 aliphatic rings. The third-order valence-electron chi connectivity index (χ3n) is 8.79. The number of ether oxygens (including phenoxy) is 2. The number of rotatable bonds is 17. The topological polar surface area (TPSA) is 136 Å². The molecule has 3 N–H and O–H groups in total. The molecule has 4 aromatic rings. The van der Waals surface area contributed by atoms with Crippen LogP contribution in [-0.2, 0) is 23.7 Å². The van der Waals surface area contributed by atoms with Gasteiger partial charge in [-0.25, -0.2) is 0 Å². The van der Waals surface area contributed by atoms with Crippen LogP contribution in [0.5, 0.6) is 11.5 Å². The summed E-state index contributed by atoms with van der Waals surface area (Å²) in [6.07, 6.45) is 9.80. The van der Waals surface area contributed by atoms with E-state index in [2.05, 4.69) is 39.6 Å². The Hall–Kier alpha value is -4.39. The standard InChI is InChI=1S/C22H32N4O3.C17H22ClN3O2/c1-3-4-5-22(28)24-17-6-7-21(19(16-17)20-8-11-23-25(20)2)29-15-14-26-12-9-18(27)10-13-26;1-3-4-5-17(22)20-13-6-7-16(23-11-9-18)14(12-13)15-8-10-19-21(15)2/h6-8,11,16,18,27H,3-5,9-10,12-15H2,1-2H3,(H,24,28);6-8,10,12H,3-5,9,11H2,1-2H3,(H,20,22). The van der Waals surface area contributed by atoms with Gasteiger partial charge < -0.3 is 25.2 Å². The number of nitrogens with zero attached hydrogens (tertiary/aromatic N) is 5. The van der Waals surface area contributed by atoms with Crippen molar-refractivity contribution in [3.63, 3.8) is 0 Å². The van der Waals surface area contributed by atoms with E-state index in [0.717, 1.165) is 104 Å². The van der Waals surface area contributed by atoms with Gasteiger partial charge in [0.05, 0.1) is 23.4 Å². The lowest BCUT2D eigenvalue weighted by atomic mass is 10.1. The molecule has 282 valence electrons. The van der Waals surface area contributed by atoms with Crippen molar-refractivity contribution in [1.29, 1.82) is 0 Å². The first-order chi connectivity index (χ1) is 25.2. The number of hydrogen-bond donors (Lipinski definition) is 3. The van der Waals surface area contributed by atoms with Crippen LogP contribution in [0.25, 0.3) is 22.5 Å². The van der Waals surface area contributed by atoms with Gasteiger partial charge in [-0.2, -0.15) is 10.2 Å². The molecule has 1 saturated heterocycles. The summed E-state index contributed by atoms with van der Waals surface area (Å²) in [6, 6.07) is 15.2. The number of amides is 2. The first-order valence-electron chi connectivity index (χ1n) is 18.3. The van der Waals surface area contributed by atoms with E-state index in [4.69, 9.17) is 21.1 Å². The summed E-state index contributed by atoms with van der Waals surface area (Å²) in [5.41, 5.74) is 5.15. The van der Waals surface area contributed by atoms with Crippen molar-refractivity contribution in [2.45, 2.75) is 71.3 Å². The molecule has 12 nitrogen and oxygen atoms in total. The Kier molecular flexibility index (Phi) is 16.5. The molecule has 2 aromatic heterocycles. The highest BCUT2D eigenvalue weighted by Gasteiger charge is 2.18. The average molecular weight is 736 g/mol. The van der Waals surface area contributed by atoms with E-state index in [0.29, 0.717) is 31.9 Å². The largest absolute Gasteiger partial charge is 0.492 e. The number of benzene rings is 2. The number of aromatic nitrogens is 4. The fraction of sp³-hybridized carbons (Fsp3) is 0.487. The summed E-state index contributed by atoms with van der Waals surface area (Å²) in [5, 5.41) is 24.0. The Bertz CT molecular complexity index is 1700. The molecule has 3 heterocycles. The van der Waals surface area contributed by atoms with Crippen LogP contribution in [0.4, 0.5) is 11.4 Å². The monoisotopic (exact) mass is 735 g/mol. The highest BCUT2D eigenvalue weighted by molar-refractivity contribution is 6.18. The second-order valence-corrected chi connectivity index (χ2v) is 13.2. The lowest BCUT2D eigenvalue weighted by molar-refractivity contribution is -0.117. The van der Waals surface area contributed by atoms with Crippen molar-refractivity contribution in [3.05, 3.63) is 60.9 Å². The van der Waals surface area contributed by atoms with Gasteiger partial charge in [0.1, 0.15) is 24.7 Å². The summed E-state index contributed by atoms with van der Waals surface area (Å²) in [6.45, 7) is 7.78. The van der Waals surface area contributed by atoms with Crippen LogP contribution in [0.15, 0.2) is 60.9 Å². The minimum absolute atomic E-state index is 0.0252. The van der Waals surface area contributed by atoms with Crippen molar-refractivity contribution in [1.82, 2.24) is 24.5 Å². The van der Waals surface area contributed by atoms with Crippen LogP contribution in [0.2, 0.25) is 0 Å². The molecule has 13 heteroatoms. The number of aliphatic hydroxyl groups is 1. The Balaban J connectivity index is 0.000000239. The van der Waals surface area contributed by atoms with E-state index >= 15 is 0 Å². The van der Waals surface area contributed by atoms with Crippen molar-refractivity contribution in [2.24, 2.45) is 14.1 Å². The van der Waals surface area contributed by atoms with Gasteiger partial charge in [-0.1, -0.05) is 26.7 Å². The lowest BCUT2D eigenvalue weighted by Gasteiger charge is -2.29. The summed E-state index contributed by atoms with van der Waals surface area (Å²) in [5.74, 6) is 1.97. The van der Waals surface area contributed by atoms with Gasteiger partial charge in [-0.3, -0.25) is 23.9 Å². The second kappa shape index (κ2) is 21.2. The molecule has 5 rings (SSSR count). The Morgan fingerprint density at radius 3 is 1.69 bits per heavy atom. The van der Waals surface area contributed by atoms with Crippen LogP contribution in [0.3, 0.4) is 0 Å².